The second-order valence-corrected chi connectivity index (χ2v) is 4.70. The summed E-state index contributed by atoms with van der Waals surface area (Å²) < 4.78 is 40.2. The van der Waals surface area contributed by atoms with Crippen molar-refractivity contribution in [2.45, 2.75) is 24.9 Å². The Hall–Kier alpha value is -1.63. The molecular formula is C12H13F3N4. The maximum absolute atomic E-state index is 12.9. The molecule has 0 saturated carbocycles. The van der Waals surface area contributed by atoms with Gasteiger partial charge in [-0.3, -0.25) is 4.40 Å². The van der Waals surface area contributed by atoms with E-state index in [-0.39, 0.29) is 11.7 Å². The molecule has 3 heterocycles. The monoisotopic (exact) mass is 270 g/mol. The Morgan fingerprint density at radius 1 is 1.37 bits per heavy atom. The van der Waals surface area contributed by atoms with Gasteiger partial charge in [-0.15, -0.1) is 0 Å². The molecule has 0 bridgehead atoms. The van der Waals surface area contributed by atoms with Gasteiger partial charge in [-0.25, -0.2) is 9.97 Å². The molecule has 1 atom stereocenters. The highest BCUT2D eigenvalue weighted by atomic mass is 19.4. The van der Waals surface area contributed by atoms with Crippen LogP contribution in [0, 0.1) is 0 Å². The number of aromatic nitrogens is 3. The number of piperidine rings is 1. The molecular weight excluding hydrogens is 257 g/mol. The Bertz CT molecular complexity index is 584. The van der Waals surface area contributed by atoms with Crippen LogP contribution in [0.4, 0.5) is 13.2 Å². The molecule has 0 spiro atoms. The van der Waals surface area contributed by atoms with Gasteiger partial charge in [-0.2, -0.15) is 13.2 Å². The van der Waals surface area contributed by atoms with Crippen molar-refractivity contribution in [1.82, 2.24) is 19.7 Å². The van der Waals surface area contributed by atoms with Gasteiger partial charge in [0.2, 0.25) is 5.78 Å². The van der Waals surface area contributed by atoms with Gasteiger partial charge in [0.15, 0.2) is 0 Å². The van der Waals surface area contributed by atoms with E-state index >= 15 is 0 Å². The number of rotatable bonds is 1. The molecule has 1 fully saturated rings. The van der Waals surface area contributed by atoms with Gasteiger partial charge in [0, 0.05) is 30.6 Å². The summed E-state index contributed by atoms with van der Waals surface area (Å²) in [6.07, 6.45) is 0.533. The first-order chi connectivity index (χ1) is 9.05. The van der Waals surface area contributed by atoms with E-state index in [1.54, 1.807) is 10.6 Å². The zero-order valence-electron chi connectivity index (χ0n) is 10.1. The normalized spacial score (nSPS) is 20.9. The van der Waals surface area contributed by atoms with Crippen molar-refractivity contribution in [1.29, 1.82) is 0 Å². The van der Waals surface area contributed by atoms with E-state index in [0.717, 1.165) is 25.5 Å². The summed E-state index contributed by atoms with van der Waals surface area (Å²) in [6, 6.07) is 1.15. The van der Waals surface area contributed by atoms with Crippen molar-refractivity contribution < 1.29 is 13.2 Å². The van der Waals surface area contributed by atoms with Crippen molar-refractivity contribution in [3.05, 3.63) is 29.8 Å². The van der Waals surface area contributed by atoms with Crippen LogP contribution in [0.3, 0.4) is 0 Å². The van der Waals surface area contributed by atoms with Crippen molar-refractivity contribution in [2.24, 2.45) is 0 Å². The largest absolute Gasteiger partial charge is 0.433 e. The third-order valence-electron chi connectivity index (χ3n) is 3.41. The summed E-state index contributed by atoms with van der Waals surface area (Å²) in [5, 5.41) is 3.21. The Balaban J connectivity index is 2.12. The minimum absolute atomic E-state index is 0.0644. The molecule has 1 N–H and O–H groups in total. The highest BCUT2D eigenvalue weighted by Crippen LogP contribution is 2.31. The van der Waals surface area contributed by atoms with E-state index in [4.69, 9.17) is 0 Å². The van der Waals surface area contributed by atoms with Gasteiger partial charge in [0.05, 0.1) is 0 Å². The van der Waals surface area contributed by atoms with Gasteiger partial charge in [-0.05, 0) is 25.5 Å². The molecule has 0 aliphatic carbocycles. The molecule has 0 unspecified atom stereocenters. The van der Waals surface area contributed by atoms with Crippen molar-refractivity contribution in [3.63, 3.8) is 0 Å². The summed E-state index contributed by atoms with van der Waals surface area (Å²) in [6.45, 7) is 1.61. The Morgan fingerprint density at radius 2 is 2.21 bits per heavy atom. The Morgan fingerprint density at radius 3 is 2.89 bits per heavy atom. The molecule has 4 nitrogen and oxygen atoms in total. The summed E-state index contributed by atoms with van der Waals surface area (Å²) >= 11 is 0. The quantitative estimate of drug-likeness (QED) is 0.864. The number of alkyl halides is 3. The lowest BCUT2D eigenvalue weighted by Gasteiger charge is -2.24. The van der Waals surface area contributed by atoms with Crippen LogP contribution in [0.5, 0.6) is 0 Å². The standard InChI is InChI=1S/C12H13F3N4/c13-12(14,15)10-6-9(8-2-1-3-16-7-8)19-5-4-17-11(19)18-10/h4-6,8,16H,1-3,7H2/t8-/m0/s1. The maximum atomic E-state index is 12.9. The SMILES string of the molecule is FC(F)(F)c1cc([C@H]2CCCNC2)n2ccnc2n1. The summed E-state index contributed by atoms with van der Waals surface area (Å²) in [7, 11) is 0. The summed E-state index contributed by atoms with van der Waals surface area (Å²) in [5.41, 5.74) is -0.242. The zero-order valence-corrected chi connectivity index (χ0v) is 10.1. The van der Waals surface area contributed by atoms with E-state index in [0.29, 0.717) is 12.2 Å². The fraction of sp³-hybridized carbons (Fsp3) is 0.500. The highest BCUT2D eigenvalue weighted by molar-refractivity contribution is 5.35. The molecule has 1 saturated heterocycles. The number of hydrogen-bond acceptors (Lipinski definition) is 3. The number of nitrogens with zero attached hydrogens (tertiary/aromatic N) is 3. The number of nitrogens with one attached hydrogen (secondary N) is 1. The van der Waals surface area contributed by atoms with Gasteiger partial charge in [0.25, 0.3) is 0 Å². The smallest absolute Gasteiger partial charge is 0.316 e. The van der Waals surface area contributed by atoms with Gasteiger partial charge in [0.1, 0.15) is 5.69 Å². The fourth-order valence-electron chi connectivity index (χ4n) is 2.49. The van der Waals surface area contributed by atoms with Crippen LogP contribution >= 0.6 is 0 Å². The zero-order chi connectivity index (χ0) is 13.5. The lowest BCUT2D eigenvalue weighted by atomic mass is 9.95. The topological polar surface area (TPSA) is 42.2 Å². The van der Waals surface area contributed by atoms with E-state index in [2.05, 4.69) is 15.3 Å². The van der Waals surface area contributed by atoms with Crippen LogP contribution in [-0.4, -0.2) is 27.5 Å². The lowest BCUT2D eigenvalue weighted by molar-refractivity contribution is -0.141. The van der Waals surface area contributed by atoms with Crippen LogP contribution in [-0.2, 0) is 6.18 Å². The minimum Gasteiger partial charge on any atom is -0.316 e. The molecule has 1 aliphatic rings. The average Bonchev–Trinajstić information content (AvgIpc) is 2.85. The van der Waals surface area contributed by atoms with Crippen LogP contribution in [0.15, 0.2) is 18.5 Å². The average molecular weight is 270 g/mol. The summed E-state index contributed by atoms with van der Waals surface area (Å²) in [5.74, 6) is 0.171. The van der Waals surface area contributed by atoms with Gasteiger partial charge >= 0.3 is 6.18 Å². The predicted molar refractivity (Wildman–Crippen MR) is 62.8 cm³/mol. The van der Waals surface area contributed by atoms with Crippen LogP contribution in [0.2, 0.25) is 0 Å². The van der Waals surface area contributed by atoms with Crippen LogP contribution < -0.4 is 5.32 Å². The Kier molecular flexibility index (Phi) is 2.93. The third kappa shape index (κ3) is 2.30. The molecule has 3 rings (SSSR count). The fourth-order valence-corrected chi connectivity index (χ4v) is 2.49. The second-order valence-electron chi connectivity index (χ2n) is 4.70. The first kappa shape index (κ1) is 12.4. The molecule has 1 aliphatic heterocycles. The van der Waals surface area contributed by atoms with E-state index in [1.807, 2.05) is 0 Å². The maximum Gasteiger partial charge on any atom is 0.433 e. The van der Waals surface area contributed by atoms with E-state index in [9.17, 15) is 13.2 Å². The first-order valence-corrected chi connectivity index (χ1v) is 6.17. The van der Waals surface area contributed by atoms with Crippen LogP contribution in [0.1, 0.15) is 30.1 Å². The van der Waals surface area contributed by atoms with Gasteiger partial charge < -0.3 is 5.32 Å². The van der Waals surface area contributed by atoms with Crippen molar-refractivity contribution >= 4 is 5.78 Å². The number of hydrogen-bond donors (Lipinski definition) is 1. The minimum atomic E-state index is -4.44. The molecule has 102 valence electrons. The molecule has 19 heavy (non-hydrogen) atoms. The van der Waals surface area contributed by atoms with E-state index < -0.39 is 11.9 Å². The lowest BCUT2D eigenvalue weighted by Crippen LogP contribution is -2.29. The highest BCUT2D eigenvalue weighted by Gasteiger charge is 2.34. The molecule has 7 heteroatoms. The summed E-state index contributed by atoms with van der Waals surface area (Å²) in [4.78, 5) is 7.45. The predicted octanol–water partition coefficient (Wildman–Crippen LogP) is 2.22. The molecule has 0 amide bonds. The number of halogens is 3. The number of fused-ring (bicyclic) bond motifs is 1. The van der Waals surface area contributed by atoms with E-state index in [1.165, 1.54) is 6.20 Å². The number of imidazole rings is 1. The first-order valence-electron chi connectivity index (χ1n) is 6.17. The van der Waals surface area contributed by atoms with Crippen molar-refractivity contribution in [3.8, 4) is 0 Å². The Labute approximate surface area is 107 Å². The molecule has 2 aromatic rings. The molecule has 0 radical (unpaired) electrons. The third-order valence-corrected chi connectivity index (χ3v) is 3.41. The van der Waals surface area contributed by atoms with Gasteiger partial charge in [-0.1, -0.05) is 0 Å². The van der Waals surface area contributed by atoms with Crippen LogP contribution in [0.25, 0.3) is 5.78 Å². The van der Waals surface area contributed by atoms with Crippen molar-refractivity contribution in [2.75, 3.05) is 13.1 Å². The molecule has 2 aromatic heterocycles. The molecule has 0 aromatic carbocycles. The second kappa shape index (κ2) is 4.48.